The normalized spacial score (nSPS) is 17.6. The van der Waals surface area contributed by atoms with E-state index < -0.39 is 0 Å². The Hall–Kier alpha value is -1.65. The van der Waals surface area contributed by atoms with Crippen molar-refractivity contribution >= 4 is 27.0 Å². The fourth-order valence-electron chi connectivity index (χ4n) is 4.21. The lowest BCUT2D eigenvalue weighted by molar-refractivity contribution is 0.231. The monoisotopic (exact) mass is 425 g/mol. The first-order valence-corrected chi connectivity index (χ1v) is 11.0. The number of aromatic nitrogens is 2. The minimum absolute atomic E-state index is 0.259. The highest BCUT2D eigenvalue weighted by atomic mass is 79.9. The van der Waals surface area contributed by atoms with Crippen molar-refractivity contribution < 1.29 is 0 Å². The molecule has 3 nitrogen and oxygen atoms in total. The first-order valence-electron chi connectivity index (χ1n) is 10.2. The highest BCUT2D eigenvalue weighted by Gasteiger charge is 2.20. The number of rotatable bonds is 4. The van der Waals surface area contributed by atoms with Crippen LogP contribution in [0.1, 0.15) is 56.5 Å². The molecule has 0 aliphatic carbocycles. The minimum atomic E-state index is 0.259. The standard InChI is InChI=1S/C23H28BrN3/c1-18(19-10-6-5-7-11-19)27-22-16-20(24)12-13-21(22)25-23(27)17-26-14-8-3-2-4-9-15-26/h5-7,10-13,16,18H,2-4,8-9,14-15,17H2,1H3. The summed E-state index contributed by atoms with van der Waals surface area (Å²) < 4.78 is 3.54. The molecule has 1 aliphatic rings. The van der Waals surface area contributed by atoms with Crippen molar-refractivity contribution in [1.29, 1.82) is 0 Å². The summed E-state index contributed by atoms with van der Waals surface area (Å²) in [5, 5.41) is 0. The summed E-state index contributed by atoms with van der Waals surface area (Å²) in [7, 11) is 0. The molecule has 2 aromatic carbocycles. The molecule has 1 aromatic heterocycles. The second kappa shape index (κ2) is 8.57. The first kappa shape index (κ1) is 18.7. The Morgan fingerprint density at radius 3 is 2.41 bits per heavy atom. The third-order valence-electron chi connectivity index (χ3n) is 5.71. The molecule has 3 aromatic rings. The molecule has 4 rings (SSSR count). The Labute approximate surface area is 170 Å². The van der Waals surface area contributed by atoms with Crippen LogP contribution in [0.15, 0.2) is 53.0 Å². The molecular formula is C23H28BrN3. The van der Waals surface area contributed by atoms with Gasteiger partial charge < -0.3 is 4.57 Å². The maximum atomic E-state index is 5.05. The summed E-state index contributed by atoms with van der Waals surface area (Å²) in [6.45, 7) is 5.59. The van der Waals surface area contributed by atoms with E-state index in [4.69, 9.17) is 4.98 Å². The Kier molecular flexibility index (Phi) is 5.94. The number of likely N-dealkylation sites (tertiary alicyclic amines) is 1. The number of fused-ring (bicyclic) bond motifs is 1. The molecule has 142 valence electrons. The molecule has 0 amide bonds. The van der Waals surface area contributed by atoms with Crippen LogP contribution in [0, 0.1) is 0 Å². The van der Waals surface area contributed by atoms with E-state index in [1.807, 2.05) is 0 Å². The Morgan fingerprint density at radius 1 is 0.963 bits per heavy atom. The molecule has 27 heavy (non-hydrogen) atoms. The lowest BCUT2D eigenvalue weighted by Crippen LogP contribution is -2.28. The number of hydrogen-bond donors (Lipinski definition) is 0. The molecule has 1 atom stereocenters. The summed E-state index contributed by atoms with van der Waals surface area (Å²) in [6, 6.07) is 17.5. The van der Waals surface area contributed by atoms with E-state index in [9.17, 15) is 0 Å². The summed E-state index contributed by atoms with van der Waals surface area (Å²) in [6.07, 6.45) is 6.73. The van der Waals surface area contributed by atoms with Crippen LogP contribution in [0.4, 0.5) is 0 Å². The van der Waals surface area contributed by atoms with Gasteiger partial charge in [0.15, 0.2) is 0 Å². The van der Waals surface area contributed by atoms with Gasteiger partial charge in [-0.05, 0) is 56.6 Å². The van der Waals surface area contributed by atoms with E-state index in [0.717, 1.165) is 16.5 Å². The summed E-state index contributed by atoms with van der Waals surface area (Å²) >= 11 is 3.65. The van der Waals surface area contributed by atoms with Gasteiger partial charge >= 0.3 is 0 Å². The van der Waals surface area contributed by atoms with Crippen molar-refractivity contribution in [2.24, 2.45) is 0 Å². The maximum absolute atomic E-state index is 5.05. The van der Waals surface area contributed by atoms with Crippen molar-refractivity contribution in [3.8, 4) is 0 Å². The third-order valence-corrected chi connectivity index (χ3v) is 6.20. The van der Waals surface area contributed by atoms with Crippen LogP contribution >= 0.6 is 15.9 Å². The van der Waals surface area contributed by atoms with Crippen LogP contribution in [-0.2, 0) is 6.54 Å². The number of hydrogen-bond acceptors (Lipinski definition) is 2. The fourth-order valence-corrected chi connectivity index (χ4v) is 4.56. The maximum Gasteiger partial charge on any atom is 0.124 e. The van der Waals surface area contributed by atoms with Gasteiger partial charge in [0, 0.05) is 4.47 Å². The molecule has 0 radical (unpaired) electrons. The van der Waals surface area contributed by atoms with Crippen molar-refractivity contribution in [3.05, 3.63) is 64.4 Å². The minimum Gasteiger partial charge on any atom is -0.320 e. The van der Waals surface area contributed by atoms with E-state index in [-0.39, 0.29) is 6.04 Å². The average molecular weight is 426 g/mol. The Morgan fingerprint density at radius 2 is 1.67 bits per heavy atom. The van der Waals surface area contributed by atoms with E-state index in [0.29, 0.717) is 0 Å². The van der Waals surface area contributed by atoms with E-state index in [1.165, 1.54) is 62.1 Å². The molecule has 1 saturated heterocycles. The van der Waals surface area contributed by atoms with E-state index >= 15 is 0 Å². The zero-order chi connectivity index (χ0) is 18.6. The molecule has 1 aliphatic heterocycles. The van der Waals surface area contributed by atoms with E-state index in [2.05, 4.69) is 80.9 Å². The SMILES string of the molecule is CC(c1ccccc1)n1c(CN2CCCCCCC2)nc2ccc(Br)cc21. The van der Waals surface area contributed by atoms with Gasteiger partial charge in [-0.2, -0.15) is 0 Å². The molecule has 1 fully saturated rings. The number of halogens is 1. The van der Waals surface area contributed by atoms with Crippen LogP contribution in [0.3, 0.4) is 0 Å². The van der Waals surface area contributed by atoms with Crippen molar-refractivity contribution in [2.45, 2.75) is 51.6 Å². The largest absolute Gasteiger partial charge is 0.320 e. The Bertz CT molecular complexity index is 879. The lowest BCUT2D eigenvalue weighted by atomic mass is 10.1. The second-order valence-electron chi connectivity index (χ2n) is 7.66. The van der Waals surface area contributed by atoms with Crippen LogP contribution in [0.5, 0.6) is 0 Å². The first-order chi connectivity index (χ1) is 13.2. The lowest BCUT2D eigenvalue weighted by Gasteiger charge is -2.26. The van der Waals surface area contributed by atoms with Crippen LogP contribution in [0.2, 0.25) is 0 Å². The summed E-state index contributed by atoms with van der Waals surface area (Å²) in [5.41, 5.74) is 3.62. The molecule has 0 saturated carbocycles. The average Bonchev–Trinajstić information content (AvgIpc) is 3.01. The number of nitrogens with zero attached hydrogens (tertiary/aromatic N) is 3. The van der Waals surface area contributed by atoms with Gasteiger partial charge in [0.2, 0.25) is 0 Å². The second-order valence-corrected chi connectivity index (χ2v) is 8.58. The molecular weight excluding hydrogens is 398 g/mol. The molecule has 1 unspecified atom stereocenters. The van der Waals surface area contributed by atoms with Crippen molar-refractivity contribution in [2.75, 3.05) is 13.1 Å². The van der Waals surface area contributed by atoms with Crippen molar-refractivity contribution in [3.63, 3.8) is 0 Å². The van der Waals surface area contributed by atoms with E-state index in [1.54, 1.807) is 0 Å². The zero-order valence-electron chi connectivity index (χ0n) is 16.1. The highest BCUT2D eigenvalue weighted by Crippen LogP contribution is 2.29. The molecule has 2 heterocycles. The summed E-state index contributed by atoms with van der Waals surface area (Å²) in [5.74, 6) is 1.18. The van der Waals surface area contributed by atoms with Gasteiger partial charge in [-0.1, -0.05) is 65.5 Å². The Balaban J connectivity index is 1.72. The third kappa shape index (κ3) is 4.27. The van der Waals surface area contributed by atoms with Gasteiger partial charge in [-0.3, -0.25) is 4.90 Å². The van der Waals surface area contributed by atoms with Gasteiger partial charge in [0.05, 0.1) is 23.6 Å². The van der Waals surface area contributed by atoms with Gasteiger partial charge in [-0.25, -0.2) is 4.98 Å². The molecule has 0 bridgehead atoms. The predicted octanol–water partition coefficient (Wildman–Crippen LogP) is 6.17. The fraction of sp³-hybridized carbons (Fsp3) is 0.435. The van der Waals surface area contributed by atoms with Gasteiger partial charge in [0.1, 0.15) is 5.82 Å². The van der Waals surface area contributed by atoms with Crippen LogP contribution in [-0.4, -0.2) is 27.5 Å². The number of benzene rings is 2. The summed E-state index contributed by atoms with van der Waals surface area (Å²) in [4.78, 5) is 7.65. The smallest absolute Gasteiger partial charge is 0.124 e. The quantitative estimate of drug-likeness (QED) is 0.497. The molecule has 0 N–H and O–H groups in total. The van der Waals surface area contributed by atoms with Crippen LogP contribution < -0.4 is 0 Å². The zero-order valence-corrected chi connectivity index (χ0v) is 17.7. The van der Waals surface area contributed by atoms with Gasteiger partial charge in [-0.15, -0.1) is 0 Å². The molecule has 0 spiro atoms. The number of imidazole rings is 1. The van der Waals surface area contributed by atoms with Crippen molar-refractivity contribution in [1.82, 2.24) is 14.5 Å². The predicted molar refractivity (Wildman–Crippen MR) is 116 cm³/mol. The topological polar surface area (TPSA) is 21.1 Å². The highest BCUT2D eigenvalue weighted by molar-refractivity contribution is 9.10. The van der Waals surface area contributed by atoms with Gasteiger partial charge in [0.25, 0.3) is 0 Å². The van der Waals surface area contributed by atoms with Crippen LogP contribution in [0.25, 0.3) is 11.0 Å². The molecule has 4 heteroatoms.